The predicted molar refractivity (Wildman–Crippen MR) is 85.3 cm³/mol. The molecular formula is C15H24N2O4S. The quantitative estimate of drug-likeness (QED) is 0.787. The lowest BCUT2D eigenvalue weighted by molar-refractivity contribution is -0.121. The fourth-order valence-corrected chi connectivity index (χ4v) is 2.89. The van der Waals surface area contributed by atoms with Crippen LogP contribution in [0.15, 0.2) is 29.2 Å². The lowest BCUT2D eigenvalue weighted by Gasteiger charge is -2.18. The van der Waals surface area contributed by atoms with Gasteiger partial charge in [0.05, 0.1) is 18.0 Å². The number of sulfonamides is 1. The molecule has 0 bridgehead atoms. The molecule has 0 radical (unpaired) electrons. The van der Waals surface area contributed by atoms with E-state index in [0.29, 0.717) is 12.4 Å². The van der Waals surface area contributed by atoms with Crippen molar-refractivity contribution < 1.29 is 17.9 Å². The summed E-state index contributed by atoms with van der Waals surface area (Å²) in [4.78, 5) is 11.9. The fourth-order valence-electron chi connectivity index (χ4n) is 1.76. The third-order valence-corrected chi connectivity index (χ3v) is 5.05. The summed E-state index contributed by atoms with van der Waals surface area (Å²) in [6.45, 7) is 5.99. The largest absolute Gasteiger partial charge is 0.494 e. The van der Waals surface area contributed by atoms with Crippen molar-refractivity contribution in [2.45, 2.75) is 38.1 Å². The van der Waals surface area contributed by atoms with Crippen molar-refractivity contribution in [3.8, 4) is 5.75 Å². The minimum Gasteiger partial charge on any atom is -0.494 e. The maximum Gasteiger partial charge on any atom is 0.243 e. The summed E-state index contributed by atoms with van der Waals surface area (Å²) in [6, 6.07) is 6.17. The average Bonchev–Trinajstić information content (AvgIpc) is 2.47. The minimum absolute atomic E-state index is 0.0223. The average molecular weight is 328 g/mol. The van der Waals surface area contributed by atoms with Gasteiger partial charge in [-0.1, -0.05) is 6.92 Å². The molecule has 0 fully saturated rings. The van der Waals surface area contributed by atoms with Crippen LogP contribution in [0.25, 0.3) is 0 Å². The van der Waals surface area contributed by atoms with Gasteiger partial charge in [0.1, 0.15) is 5.75 Å². The monoisotopic (exact) mass is 328 g/mol. The standard InChI is InChI=1S/C15H24N2O4S/c1-5-12(3)16-15(18)11-17(4)22(19,20)14-9-7-13(8-10-14)21-6-2/h7-10,12H,5-6,11H2,1-4H3,(H,16,18)/t12-/m1/s1. The third kappa shape index (κ3) is 4.99. The van der Waals surface area contributed by atoms with E-state index in [4.69, 9.17) is 4.74 Å². The van der Waals surface area contributed by atoms with E-state index in [2.05, 4.69) is 5.32 Å². The first-order chi connectivity index (χ1) is 10.3. The Hall–Kier alpha value is -1.60. The van der Waals surface area contributed by atoms with E-state index in [0.717, 1.165) is 10.7 Å². The van der Waals surface area contributed by atoms with Crippen molar-refractivity contribution in [3.63, 3.8) is 0 Å². The molecule has 1 aromatic carbocycles. The summed E-state index contributed by atoms with van der Waals surface area (Å²) in [6.07, 6.45) is 0.793. The summed E-state index contributed by atoms with van der Waals surface area (Å²) in [7, 11) is -2.30. The Balaban J connectivity index is 2.78. The SMILES string of the molecule is CCOc1ccc(S(=O)(=O)N(C)CC(=O)N[C@H](C)CC)cc1. The van der Waals surface area contributed by atoms with E-state index in [1.807, 2.05) is 20.8 Å². The maximum atomic E-state index is 12.4. The first-order valence-electron chi connectivity index (χ1n) is 7.29. The Morgan fingerprint density at radius 2 is 1.86 bits per heavy atom. The molecule has 1 atom stereocenters. The van der Waals surface area contributed by atoms with E-state index in [9.17, 15) is 13.2 Å². The molecule has 0 saturated carbocycles. The lowest BCUT2D eigenvalue weighted by Crippen LogP contribution is -2.41. The smallest absolute Gasteiger partial charge is 0.243 e. The molecule has 124 valence electrons. The molecule has 0 aliphatic rings. The fraction of sp³-hybridized carbons (Fsp3) is 0.533. The number of benzene rings is 1. The summed E-state index contributed by atoms with van der Waals surface area (Å²) in [5.74, 6) is 0.296. The molecule has 0 spiro atoms. The molecule has 0 unspecified atom stereocenters. The summed E-state index contributed by atoms with van der Waals surface area (Å²) >= 11 is 0. The topological polar surface area (TPSA) is 75.7 Å². The van der Waals surface area contributed by atoms with E-state index in [1.54, 1.807) is 12.1 Å². The number of hydrogen-bond donors (Lipinski definition) is 1. The zero-order valence-electron chi connectivity index (χ0n) is 13.5. The zero-order chi connectivity index (χ0) is 16.8. The van der Waals surface area contributed by atoms with Crippen LogP contribution in [0, 0.1) is 0 Å². The highest BCUT2D eigenvalue weighted by Gasteiger charge is 2.23. The Kier molecular flexibility index (Phi) is 6.83. The van der Waals surface area contributed by atoms with Crippen molar-refractivity contribution in [1.29, 1.82) is 0 Å². The number of carbonyl (C=O) groups is 1. The van der Waals surface area contributed by atoms with Crippen LogP contribution in [0.1, 0.15) is 27.2 Å². The second kappa shape index (κ2) is 8.14. The Morgan fingerprint density at radius 1 is 1.27 bits per heavy atom. The summed E-state index contributed by atoms with van der Waals surface area (Å²) in [5, 5.41) is 2.74. The first-order valence-corrected chi connectivity index (χ1v) is 8.73. The van der Waals surface area contributed by atoms with Crippen molar-refractivity contribution in [3.05, 3.63) is 24.3 Å². The van der Waals surface area contributed by atoms with Crippen LogP contribution in [-0.4, -0.2) is 44.9 Å². The second-order valence-electron chi connectivity index (χ2n) is 5.04. The van der Waals surface area contributed by atoms with Gasteiger partial charge in [0.25, 0.3) is 0 Å². The van der Waals surface area contributed by atoms with Gasteiger partial charge in [0.2, 0.25) is 15.9 Å². The van der Waals surface area contributed by atoms with Crippen LogP contribution in [0.3, 0.4) is 0 Å². The van der Waals surface area contributed by atoms with Gasteiger partial charge in [-0.2, -0.15) is 4.31 Å². The Morgan fingerprint density at radius 3 is 2.36 bits per heavy atom. The number of nitrogens with one attached hydrogen (secondary N) is 1. The molecule has 0 aromatic heterocycles. The highest BCUT2D eigenvalue weighted by Crippen LogP contribution is 2.18. The molecule has 0 aliphatic heterocycles. The Bertz CT molecular complexity index is 584. The molecule has 1 amide bonds. The van der Waals surface area contributed by atoms with Crippen molar-refractivity contribution in [1.82, 2.24) is 9.62 Å². The third-order valence-electron chi connectivity index (χ3n) is 3.23. The first kappa shape index (κ1) is 18.4. The van der Waals surface area contributed by atoms with Gasteiger partial charge < -0.3 is 10.1 Å². The van der Waals surface area contributed by atoms with Crippen molar-refractivity contribution in [2.75, 3.05) is 20.2 Å². The molecule has 1 N–H and O–H groups in total. The zero-order valence-corrected chi connectivity index (χ0v) is 14.3. The number of nitrogens with zero attached hydrogens (tertiary/aromatic N) is 1. The van der Waals surface area contributed by atoms with Gasteiger partial charge in [-0.3, -0.25) is 4.79 Å². The van der Waals surface area contributed by atoms with Crippen molar-refractivity contribution >= 4 is 15.9 Å². The lowest BCUT2D eigenvalue weighted by atomic mass is 10.2. The van der Waals surface area contributed by atoms with Gasteiger partial charge in [0.15, 0.2) is 0 Å². The van der Waals surface area contributed by atoms with Crippen LogP contribution in [0.5, 0.6) is 5.75 Å². The summed E-state index contributed by atoms with van der Waals surface area (Å²) in [5.41, 5.74) is 0. The van der Waals surface area contributed by atoms with E-state index in [-0.39, 0.29) is 23.4 Å². The van der Waals surface area contributed by atoms with Crippen LogP contribution in [-0.2, 0) is 14.8 Å². The normalized spacial score (nSPS) is 13.0. The Labute approximate surface area is 132 Å². The highest BCUT2D eigenvalue weighted by molar-refractivity contribution is 7.89. The number of carbonyl (C=O) groups excluding carboxylic acids is 1. The molecular weight excluding hydrogens is 304 g/mol. The predicted octanol–water partition coefficient (Wildman–Crippen LogP) is 1.62. The number of likely N-dealkylation sites (N-methyl/N-ethyl adjacent to an activating group) is 1. The van der Waals surface area contributed by atoms with Gasteiger partial charge in [-0.25, -0.2) is 8.42 Å². The molecule has 0 saturated heterocycles. The maximum absolute atomic E-state index is 12.4. The van der Waals surface area contributed by atoms with Gasteiger partial charge in [-0.15, -0.1) is 0 Å². The summed E-state index contributed by atoms with van der Waals surface area (Å²) < 4.78 is 31.1. The highest BCUT2D eigenvalue weighted by atomic mass is 32.2. The van der Waals surface area contributed by atoms with Crippen LogP contribution < -0.4 is 10.1 Å². The van der Waals surface area contributed by atoms with Crippen LogP contribution in [0.2, 0.25) is 0 Å². The molecule has 22 heavy (non-hydrogen) atoms. The number of hydrogen-bond acceptors (Lipinski definition) is 4. The molecule has 7 heteroatoms. The van der Waals surface area contributed by atoms with Crippen LogP contribution in [0.4, 0.5) is 0 Å². The van der Waals surface area contributed by atoms with Gasteiger partial charge >= 0.3 is 0 Å². The second-order valence-corrected chi connectivity index (χ2v) is 7.09. The van der Waals surface area contributed by atoms with E-state index < -0.39 is 10.0 Å². The van der Waals surface area contributed by atoms with Gasteiger partial charge in [-0.05, 0) is 44.5 Å². The number of rotatable bonds is 8. The van der Waals surface area contributed by atoms with Gasteiger partial charge in [0, 0.05) is 13.1 Å². The van der Waals surface area contributed by atoms with Crippen LogP contribution >= 0.6 is 0 Å². The number of amides is 1. The van der Waals surface area contributed by atoms with E-state index in [1.165, 1.54) is 19.2 Å². The minimum atomic E-state index is -3.69. The van der Waals surface area contributed by atoms with Crippen molar-refractivity contribution in [2.24, 2.45) is 0 Å². The molecule has 1 rings (SSSR count). The molecule has 0 heterocycles. The molecule has 1 aromatic rings. The van der Waals surface area contributed by atoms with E-state index >= 15 is 0 Å². The molecule has 6 nitrogen and oxygen atoms in total. The molecule has 0 aliphatic carbocycles. The number of ether oxygens (including phenoxy) is 1.